The second-order valence-electron chi connectivity index (χ2n) is 13.2. The maximum Gasteiger partial charge on any atom is 0.429 e. The number of rotatable bonds is 21. The number of alkyl halides is 3. The summed E-state index contributed by atoms with van der Waals surface area (Å²) in [5.74, 6) is -1.13. The highest BCUT2D eigenvalue weighted by Gasteiger charge is 2.44. The molecule has 1 unspecified atom stereocenters. The van der Waals surface area contributed by atoms with Crippen LogP contribution in [0.2, 0.25) is 0 Å². The van der Waals surface area contributed by atoms with Gasteiger partial charge in [0.25, 0.3) is 5.88 Å². The van der Waals surface area contributed by atoms with Gasteiger partial charge in [-0.1, -0.05) is 97.6 Å². The highest BCUT2D eigenvalue weighted by Crippen LogP contribution is 2.39. The monoisotopic (exact) mass is 680 g/mol. The first-order valence-corrected chi connectivity index (χ1v) is 18.4. The summed E-state index contributed by atoms with van der Waals surface area (Å²) in [6, 6.07) is 8.93. The number of unbranched alkanes of at least 4 members (excludes halogenated alkanes) is 9. The number of sulfonamides is 1. The third kappa shape index (κ3) is 13.2. The van der Waals surface area contributed by atoms with Crippen LogP contribution in [0.25, 0.3) is 11.0 Å². The van der Waals surface area contributed by atoms with Crippen LogP contribution in [-0.4, -0.2) is 48.6 Å². The highest BCUT2D eigenvalue weighted by atomic mass is 32.2. The van der Waals surface area contributed by atoms with E-state index >= 15 is 0 Å². The molecule has 262 valence electrons. The maximum atomic E-state index is 14.3. The normalized spacial score (nSPS) is 13.2. The van der Waals surface area contributed by atoms with Crippen LogP contribution < -0.4 is 9.04 Å². The fourth-order valence-electron chi connectivity index (χ4n) is 5.14. The number of hydrogen-bond donors (Lipinski definition) is 0. The van der Waals surface area contributed by atoms with E-state index in [1.807, 2.05) is 6.92 Å². The minimum absolute atomic E-state index is 0.203. The van der Waals surface area contributed by atoms with E-state index in [1.54, 1.807) is 24.3 Å². The Morgan fingerprint density at radius 3 is 1.96 bits per heavy atom. The maximum absolute atomic E-state index is 14.3. The van der Waals surface area contributed by atoms with Crippen LogP contribution in [0.15, 0.2) is 48.8 Å². The molecule has 0 fully saturated rings. The predicted molar refractivity (Wildman–Crippen MR) is 181 cm³/mol. The average Bonchev–Trinajstić information content (AvgIpc) is 3.01. The smallest absolute Gasteiger partial charge is 0.429 e. The summed E-state index contributed by atoms with van der Waals surface area (Å²) in [5, 5.41) is 0. The number of hydrogen-bond acceptors (Lipinski definition) is 7. The van der Waals surface area contributed by atoms with Crippen molar-refractivity contribution in [3.05, 3.63) is 54.4 Å². The van der Waals surface area contributed by atoms with Crippen molar-refractivity contribution in [3.63, 3.8) is 0 Å². The Hall–Kier alpha value is -2.99. The molecule has 2 aromatic heterocycles. The minimum atomic E-state index is -4.83. The highest BCUT2D eigenvalue weighted by molar-refractivity contribution is 7.92. The van der Waals surface area contributed by atoms with Gasteiger partial charge in [0.2, 0.25) is 21.9 Å². The zero-order chi connectivity index (χ0) is 34.3. The first-order chi connectivity index (χ1) is 22.3. The van der Waals surface area contributed by atoms with Gasteiger partial charge in [-0.25, -0.2) is 22.7 Å². The van der Waals surface area contributed by atoms with Crippen LogP contribution >= 0.6 is 0 Å². The van der Waals surface area contributed by atoms with Gasteiger partial charge in [0.15, 0.2) is 0 Å². The van der Waals surface area contributed by atoms with Crippen LogP contribution in [0.4, 0.5) is 19.0 Å². The molecule has 0 spiro atoms. The van der Waals surface area contributed by atoms with Gasteiger partial charge in [0.05, 0.1) is 16.8 Å². The number of anilines is 1. The number of pyridine rings is 1. The first-order valence-electron chi connectivity index (χ1n) is 16.8. The Morgan fingerprint density at radius 2 is 1.38 bits per heavy atom. The Labute approximate surface area is 278 Å². The molecule has 0 aliphatic rings. The van der Waals surface area contributed by atoms with Gasteiger partial charge in [-0.3, -0.25) is 4.98 Å². The molecule has 0 aliphatic carbocycles. The molecule has 0 aliphatic heterocycles. The molecular weight excluding hydrogens is 629 g/mol. The molecule has 0 saturated heterocycles. The SMILES string of the molecule is CCCCS(=O)(=O)N(COCCCCCCCCCCCC(C)(C)C)c1nc2ccccc2nc1OC(c1ccncc1)C(F)(F)F. The van der Waals surface area contributed by atoms with Crippen LogP contribution in [-0.2, 0) is 14.8 Å². The topological polar surface area (TPSA) is 94.5 Å². The lowest BCUT2D eigenvalue weighted by Crippen LogP contribution is -2.37. The molecule has 0 saturated carbocycles. The van der Waals surface area contributed by atoms with Gasteiger partial charge in [-0.2, -0.15) is 13.2 Å². The number of nitrogens with zero attached hydrogens (tertiary/aromatic N) is 4. The number of aromatic nitrogens is 3. The zero-order valence-corrected chi connectivity index (χ0v) is 29.1. The van der Waals surface area contributed by atoms with Crippen molar-refractivity contribution in [2.24, 2.45) is 5.41 Å². The Kier molecular flexibility index (Phi) is 15.2. The fourth-order valence-corrected chi connectivity index (χ4v) is 6.64. The second kappa shape index (κ2) is 18.5. The van der Waals surface area contributed by atoms with E-state index in [4.69, 9.17) is 9.47 Å². The van der Waals surface area contributed by atoms with Crippen molar-refractivity contribution in [1.29, 1.82) is 0 Å². The largest absolute Gasteiger partial charge is 0.457 e. The van der Waals surface area contributed by atoms with E-state index in [0.29, 0.717) is 30.4 Å². The average molecular weight is 681 g/mol. The molecule has 0 N–H and O–H groups in total. The molecule has 47 heavy (non-hydrogen) atoms. The summed E-state index contributed by atoms with van der Waals surface area (Å²) in [4.78, 5) is 12.6. The molecule has 1 atom stereocenters. The first kappa shape index (κ1) is 38.5. The van der Waals surface area contributed by atoms with Crippen molar-refractivity contribution in [1.82, 2.24) is 15.0 Å². The Bertz CT molecular complexity index is 1450. The van der Waals surface area contributed by atoms with E-state index in [1.165, 1.54) is 63.1 Å². The van der Waals surface area contributed by atoms with Crippen molar-refractivity contribution >= 4 is 26.9 Å². The molecule has 1 aromatic carbocycles. The fraction of sp³-hybridized carbons (Fsp3) is 0.629. The van der Waals surface area contributed by atoms with E-state index < -0.39 is 34.9 Å². The Balaban J connectivity index is 1.70. The van der Waals surface area contributed by atoms with E-state index in [2.05, 4.69) is 35.7 Å². The van der Waals surface area contributed by atoms with Crippen LogP contribution in [0.1, 0.15) is 116 Å². The van der Waals surface area contributed by atoms with Crippen molar-refractivity contribution in [2.45, 2.75) is 117 Å². The van der Waals surface area contributed by atoms with Gasteiger partial charge in [-0.05, 0) is 48.9 Å². The quantitative estimate of drug-likeness (QED) is 0.0817. The summed E-state index contributed by atoms with van der Waals surface area (Å²) >= 11 is 0. The van der Waals surface area contributed by atoms with Crippen LogP contribution in [0, 0.1) is 5.41 Å². The van der Waals surface area contributed by atoms with Gasteiger partial charge in [-0.15, -0.1) is 0 Å². The summed E-state index contributed by atoms with van der Waals surface area (Å²) < 4.78 is 82.4. The van der Waals surface area contributed by atoms with Gasteiger partial charge < -0.3 is 9.47 Å². The van der Waals surface area contributed by atoms with Crippen molar-refractivity contribution in [2.75, 3.05) is 23.4 Å². The second-order valence-corrected chi connectivity index (χ2v) is 15.2. The molecule has 0 amide bonds. The van der Waals surface area contributed by atoms with E-state index in [0.717, 1.165) is 30.0 Å². The van der Waals surface area contributed by atoms with Crippen molar-refractivity contribution < 1.29 is 31.1 Å². The lowest BCUT2D eigenvalue weighted by Gasteiger charge is -2.27. The number of para-hydroxylation sites is 2. The molecule has 12 heteroatoms. The lowest BCUT2D eigenvalue weighted by atomic mass is 9.89. The molecular formula is C35H51F3N4O4S. The summed E-state index contributed by atoms with van der Waals surface area (Å²) in [6.45, 7) is 8.57. The molecule has 3 aromatic rings. The molecule has 0 radical (unpaired) electrons. The number of fused-ring (bicyclic) bond motifs is 1. The number of benzene rings is 1. The van der Waals surface area contributed by atoms with Gasteiger partial charge in [0, 0.05) is 24.6 Å². The molecule has 8 nitrogen and oxygen atoms in total. The van der Waals surface area contributed by atoms with Gasteiger partial charge in [0.1, 0.15) is 6.73 Å². The summed E-state index contributed by atoms with van der Waals surface area (Å²) in [5.41, 5.74) is 0.769. The summed E-state index contributed by atoms with van der Waals surface area (Å²) in [7, 11) is -4.05. The minimum Gasteiger partial charge on any atom is -0.457 e. The molecule has 2 heterocycles. The number of ether oxygens (including phenoxy) is 2. The van der Waals surface area contributed by atoms with E-state index in [-0.39, 0.29) is 22.7 Å². The Morgan fingerprint density at radius 1 is 0.809 bits per heavy atom. The standard InChI is InChI=1S/C35H51F3N4O4S/c1-5-6-26-47(43,44)42(27-45-25-17-13-11-9-7-8-10-12-16-22-34(2,3)4)32-33(41-30-19-15-14-18-29(30)40-32)46-31(35(36,37)38)28-20-23-39-24-21-28/h14-15,18-21,23-24,31H,5-13,16-17,22,25-27H2,1-4H3. The van der Waals surface area contributed by atoms with E-state index in [9.17, 15) is 21.6 Å². The van der Waals surface area contributed by atoms with Crippen LogP contribution in [0.5, 0.6) is 5.88 Å². The third-order valence-corrected chi connectivity index (χ3v) is 9.56. The predicted octanol–water partition coefficient (Wildman–Crippen LogP) is 9.56. The third-order valence-electron chi connectivity index (χ3n) is 7.81. The van der Waals surface area contributed by atoms with Gasteiger partial charge >= 0.3 is 6.18 Å². The van der Waals surface area contributed by atoms with Crippen molar-refractivity contribution in [3.8, 4) is 5.88 Å². The van der Waals surface area contributed by atoms with Crippen LogP contribution in [0.3, 0.4) is 0 Å². The molecule has 3 rings (SSSR count). The zero-order valence-electron chi connectivity index (χ0n) is 28.3. The summed E-state index contributed by atoms with van der Waals surface area (Å²) in [6.07, 6.45) is 7.54. The lowest BCUT2D eigenvalue weighted by molar-refractivity contribution is -0.198. The number of halogens is 3. The molecule has 0 bridgehead atoms.